The van der Waals surface area contributed by atoms with Gasteiger partial charge in [-0.2, -0.15) is 0 Å². The minimum Gasteiger partial charge on any atom is -0.480 e. The quantitative estimate of drug-likeness (QED) is 0.259. The van der Waals surface area contributed by atoms with Gasteiger partial charge in [-0.1, -0.05) is 21.6 Å². The Bertz CT molecular complexity index is 192. The number of hydrogen-bond donors (Lipinski definition) is 4. The van der Waals surface area contributed by atoms with E-state index >= 15 is 0 Å². The van der Waals surface area contributed by atoms with Gasteiger partial charge in [-0.05, 0) is 0 Å². The van der Waals surface area contributed by atoms with Gasteiger partial charge < -0.3 is 21.7 Å². The lowest BCUT2D eigenvalue weighted by Crippen LogP contribution is -2.33. The summed E-state index contributed by atoms with van der Waals surface area (Å²) in [5, 5.41) is 16.8. The highest BCUT2D eigenvalue weighted by Crippen LogP contribution is 2.22. The van der Waals surface area contributed by atoms with E-state index in [0.717, 1.165) is 0 Å². The van der Waals surface area contributed by atoms with Crippen molar-refractivity contribution in [3.63, 3.8) is 0 Å². The molecule has 8 heteroatoms. The molecule has 0 aromatic heterocycles. The Hall–Kier alpha value is -0.440. The van der Waals surface area contributed by atoms with Crippen LogP contribution in [-0.4, -0.2) is 45.7 Å². The molecule has 0 saturated heterocycles. The summed E-state index contributed by atoms with van der Waals surface area (Å²) < 4.78 is 0. The molecular weight excluding hydrogens is 230 g/mol. The number of nitrogens with two attached hydrogens (primary N) is 2. The van der Waals surface area contributed by atoms with E-state index in [1.165, 1.54) is 21.6 Å². The van der Waals surface area contributed by atoms with Gasteiger partial charge >= 0.3 is 11.9 Å². The Labute approximate surface area is 88.8 Å². The first kappa shape index (κ1) is 13.6. The molecule has 0 aliphatic heterocycles. The highest BCUT2D eigenvalue weighted by Gasteiger charge is 2.14. The van der Waals surface area contributed by atoms with E-state index in [0.29, 0.717) is 0 Å². The predicted molar refractivity (Wildman–Crippen MR) is 56.1 cm³/mol. The number of carboxylic acid groups (broad SMARTS) is 2. The molecule has 2 atom stereocenters. The summed E-state index contributed by atoms with van der Waals surface area (Å²) in [5.41, 5.74) is 10.4. The molecule has 0 radical (unpaired) electrons. The summed E-state index contributed by atoms with van der Waals surface area (Å²) in [6, 6.07) is -1.85. The average Bonchev–Trinajstić information content (AvgIpc) is 2.11. The fraction of sp³-hybridized carbons (Fsp3) is 0.667. The van der Waals surface area contributed by atoms with E-state index in [2.05, 4.69) is 0 Å². The molecule has 6 nitrogen and oxygen atoms in total. The summed E-state index contributed by atoms with van der Waals surface area (Å²) >= 11 is 0. The van der Waals surface area contributed by atoms with Gasteiger partial charge in [0.15, 0.2) is 0 Å². The lowest BCUT2D eigenvalue weighted by atomic mass is 10.4. The lowest BCUT2D eigenvalue weighted by Gasteiger charge is -2.07. The molecule has 0 saturated carbocycles. The van der Waals surface area contributed by atoms with Crippen LogP contribution in [0.4, 0.5) is 0 Å². The fourth-order valence-corrected chi connectivity index (χ4v) is 2.61. The Kier molecular flexibility index (Phi) is 6.71. The van der Waals surface area contributed by atoms with E-state index in [9.17, 15) is 9.59 Å². The van der Waals surface area contributed by atoms with Crippen molar-refractivity contribution in [3.05, 3.63) is 0 Å². The van der Waals surface area contributed by atoms with E-state index in [1.807, 2.05) is 0 Å². The Balaban J connectivity index is 3.47. The molecule has 0 rings (SSSR count). The van der Waals surface area contributed by atoms with Crippen molar-refractivity contribution >= 4 is 33.5 Å². The number of carboxylic acids is 2. The third-order valence-corrected chi connectivity index (χ3v) is 3.69. The molecule has 0 fully saturated rings. The monoisotopic (exact) mass is 242 g/mol. The van der Waals surface area contributed by atoms with Crippen molar-refractivity contribution in [1.29, 1.82) is 0 Å². The van der Waals surface area contributed by atoms with Crippen molar-refractivity contribution in [1.82, 2.24) is 0 Å². The molecular formula is C6H12N2O4S2. The number of carbonyl (C=O) groups is 2. The normalized spacial score (nSPS) is 14.7. The van der Waals surface area contributed by atoms with Crippen LogP contribution in [0, 0.1) is 0 Å². The summed E-state index contributed by atoms with van der Waals surface area (Å²) in [7, 11) is 2.41. The Morgan fingerprint density at radius 1 is 1.00 bits per heavy atom. The number of aliphatic carboxylic acids is 2. The standard InChI is InChI=1S/C6H12N2O4S2/c7-3(5(9)10)1-13-14-2-4(8)6(11)12/h3-4H,1-2,7-8H2,(H,9,10)(H,11,12)/t3-,4-/m0/s1/i7+1,8+1. The van der Waals surface area contributed by atoms with Gasteiger partial charge in [0.25, 0.3) is 0 Å². The van der Waals surface area contributed by atoms with Gasteiger partial charge in [0.05, 0.1) is 0 Å². The number of rotatable bonds is 7. The first-order valence-electron chi connectivity index (χ1n) is 3.66. The largest absolute Gasteiger partial charge is 0.480 e. The predicted octanol–water partition coefficient (Wildman–Crippen LogP) is -0.808. The Morgan fingerprint density at radius 3 is 1.50 bits per heavy atom. The summed E-state index contributed by atoms with van der Waals surface area (Å²) in [5.74, 6) is -1.68. The highest BCUT2D eigenvalue weighted by molar-refractivity contribution is 8.76. The van der Waals surface area contributed by atoms with Crippen molar-refractivity contribution in [2.45, 2.75) is 12.1 Å². The minimum absolute atomic E-state index is 0.229. The molecule has 0 aliphatic carbocycles. The molecule has 0 heterocycles. The summed E-state index contributed by atoms with van der Waals surface area (Å²) in [6.07, 6.45) is 0. The van der Waals surface area contributed by atoms with Crippen LogP contribution < -0.4 is 11.5 Å². The van der Waals surface area contributed by atoms with Crippen LogP contribution in [0.5, 0.6) is 0 Å². The molecule has 0 spiro atoms. The zero-order valence-electron chi connectivity index (χ0n) is 7.25. The first-order valence-corrected chi connectivity index (χ1v) is 6.15. The van der Waals surface area contributed by atoms with Crippen molar-refractivity contribution < 1.29 is 19.8 Å². The van der Waals surface area contributed by atoms with Crippen LogP contribution in [0.15, 0.2) is 0 Å². The summed E-state index contributed by atoms with van der Waals surface area (Å²) in [4.78, 5) is 20.5. The zero-order valence-corrected chi connectivity index (χ0v) is 8.88. The van der Waals surface area contributed by atoms with E-state index < -0.39 is 24.0 Å². The molecule has 0 aromatic carbocycles. The van der Waals surface area contributed by atoms with Crippen molar-refractivity contribution in [3.8, 4) is 0 Å². The maximum atomic E-state index is 10.3. The van der Waals surface area contributed by atoms with Crippen molar-refractivity contribution in [2.24, 2.45) is 11.5 Å². The van der Waals surface area contributed by atoms with Crippen LogP contribution in [0.2, 0.25) is 0 Å². The molecule has 0 aliphatic rings. The third-order valence-electron chi connectivity index (χ3n) is 1.21. The second-order valence-corrected chi connectivity index (χ2v) is 5.01. The molecule has 0 unspecified atom stereocenters. The van der Waals surface area contributed by atoms with Gasteiger partial charge in [-0.15, -0.1) is 0 Å². The minimum atomic E-state index is -1.07. The SMILES string of the molecule is [15NH2][C@@H](CSSC[C@H]([15NH2])C(=O)O)C(=O)O. The topological polar surface area (TPSA) is 127 Å². The maximum Gasteiger partial charge on any atom is 0.321 e. The van der Waals surface area contributed by atoms with E-state index in [-0.39, 0.29) is 11.5 Å². The van der Waals surface area contributed by atoms with Gasteiger partial charge in [0.2, 0.25) is 0 Å². The van der Waals surface area contributed by atoms with Gasteiger partial charge in [0.1, 0.15) is 12.1 Å². The molecule has 0 bridgehead atoms. The van der Waals surface area contributed by atoms with Gasteiger partial charge in [0, 0.05) is 11.5 Å². The van der Waals surface area contributed by atoms with Crippen LogP contribution in [0.1, 0.15) is 0 Å². The highest BCUT2D eigenvalue weighted by atomic mass is 33.1. The van der Waals surface area contributed by atoms with E-state index in [1.54, 1.807) is 0 Å². The summed E-state index contributed by atoms with van der Waals surface area (Å²) in [6.45, 7) is 0. The average molecular weight is 242 g/mol. The van der Waals surface area contributed by atoms with Crippen LogP contribution >= 0.6 is 21.6 Å². The van der Waals surface area contributed by atoms with Crippen molar-refractivity contribution in [2.75, 3.05) is 11.5 Å². The van der Waals surface area contributed by atoms with Crippen LogP contribution in [-0.2, 0) is 9.59 Å². The maximum absolute atomic E-state index is 10.3. The molecule has 6 N–H and O–H groups in total. The lowest BCUT2D eigenvalue weighted by molar-refractivity contribution is -0.138. The molecule has 0 aromatic rings. The second-order valence-electron chi connectivity index (χ2n) is 2.46. The molecule has 0 amide bonds. The van der Waals surface area contributed by atoms with E-state index in [4.69, 9.17) is 21.7 Å². The molecule has 82 valence electrons. The second kappa shape index (κ2) is 6.93. The smallest absolute Gasteiger partial charge is 0.321 e. The molecule has 14 heavy (non-hydrogen) atoms. The number of hydrogen-bond acceptors (Lipinski definition) is 6. The fourth-order valence-electron chi connectivity index (χ4n) is 0.385. The van der Waals surface area contributed by atoms with Crippen LogP contribution in [0.3, 0.4) is 0 Å². The van der Waals surface area contributed by atoms with Gasteiger partial charge in [-0.25, -0.2) is 0 Å². The Morgan fingerprint density at radius 2 is 1.29 bits per heavy atom. The first-order chi connectivity index (χ1) is 6.45. The van der Waals surface area contributed by atoms with Gasteiger partial charge in [-0.3, -0.25) is 9.59 Å². The third kappa shape index (κ3) is 6.08. The van der Waals surface area contributed by atoms with Crippen LogP contribution in [0.25, 0.3) is 0 Å². The zero-order chi connectivity index (χ0) is 11.1.